The second kappa shape index (κ2) is 39.9. The zero-order valence-corrected chi connectivity index (χ0v) is 47.7. The summed E-state index contributed by atoms with van der Waals surface area (Å²) < 4.78 is 41.8. The maximum atomic E-state index is 13.7. The second-order valence-electron chi connectivity index (χ2n) is 22.0. The smallest absolute Gasteiger partial charge is 0.241 e. The highest BCUT2D eigenvalue weighted by Gasteiger charge is 2.45. The van der Waals surface area contributed by atoms with Gasteiger partial charge < -0.3 is 45.2 Å². The predicted octanol–water partition coefficient (Wildman–Crippen LogP) is 11.9. The highest BCUT2D eigenvalue weighted by Crippen LogP contribution is 2.31. The number of ether oxygens (including phenoxy) is 2. The Morgan fingerprint density at radius 3 is 1.50 bits per heavy atom. The SMILES string of the molecule is CCCCCCCCCCCCCCCCCCCCCCCCCC(=O)N[C@@H](CO[C@H]1O[C@H](CNS(=O)(=O)c2cccc3c(N(C)C)cccc23)[C@H](O)[C@H](O)[C@H]1O)[C@H](O)[C@H](O)CCCCCCCCCCCC. The Kier molecular flexibility index (Phi) is 35.5. The van der Waals surface area contributed by atoms with Crippen LogP contribution in [0.4, 0.5) is 5.69 Å². The average Bonchev–Trinajstić information content (AvgIpc) is 3.39. The Morgan fingerprint density at radius 2 is 1.03 bits per heavy atom. The van der Waals surface area contributed by atoms with E-state index in [-0.39, 0.29) is 17.2 Å². The molecular weight excluding hydrogens is 955 g/mol. The van der Waals surface area contributed by atoms with Crippen molar-refractivity contribution in [2.45, 2.75) is 292 Å². The number of unbranched alkanes of at least 4 members (excludes halogenated alkanes) is 31. The molecule has 1 fully saturated rings. The molecule has 14 heteroatoms. The minimum Gasteiger partial charge on any atom is -0.390 e. The Hall–Kier alpha value is -2.40. The number of fused-ring (bicyclic) bond motifs is 1. The minimum absolute atomic E-state index is 0.0252. The number of amides is 1. The van der Waals surface area contributed by atoms with Crippen molar-refractivity contribution in [2.24, 2.45) is 0 Å². The Labute approximate surface area is 449 Å². The minimum atomic E-state index is -4.16. The largest absolute Gasteiger partial charge is 0.390 e. The van der Waals surface area contributed by atoms with Crippen LogP contribution in [0.3, 0.4) is 0 Å². The van der Waals surface area contributed by atoms with E-state index in [1.54, 1.807) is 18.2 Å². The van der Waals surface area contributed by atoms with Crippen LogP contribution in [0, 0.1) is 0 Å². The number of anilines is 1. The van der Waals surface area contributed by atoms with E-state index in [0.717, 1.165) is 49.6 Å². The summed E-state index contributed by atoms with van der Waals surface area (Å²) in [5, 5.41) is 59.5. The maximum absolute atomic E-state index is 13.7. The van der Waals surface area contributed by atoms with E-state index in [1.165, 1.54) is 167 Å². The molecule has 7 N–H and O–H groups in total. The molecule has 2 aromatic rings. The molecule has 13 nitrogen and oxygen atoms in total. The highest BCUT2D eigenvalue weighted by atomic mass is 32.2. The molecule has 1 aliphatic rings. The van der Waals surface area contributed by atoms with Gasteiger partial charge in [0.2, 0.25) is 15.9 Å². The van der Waals surface area contributed by atoms with E-state index in [9.17, 15) is 38.7 Å². The lowest BCUT2D eigenvalue weighted by molar-refractivity contribution is -0.297. The molecular formula is C60H107N3O10S. The molecule has 0 radical (unpaired) electrons. The van der Waals surface area contributed by atoms with Crippen LogP contribution >= 0.6 is 0 Å². The van der Waals surface area contributed by atoms with Gasteiger partial charge in [0, 0.05) is 43.5 Å². The van der Waals surface area contributed by atoms with E-state index in [0.29, 0.717) is 24.6 Å². The maximum Gasteiger partial charge on any atom is 0.241 e. The van der Waals surface area contributed by atoms with Gasteiger partial charge in [0.15, 0.2) is 6.29 Å². The van der Waals surface area contributed by atoms with Crippen LogP contribution in [0.25, 0.3) is 10.8 Å². The summed E-state index contributed by atoms with van der Waals surface area (Å²) in [5.74, 6) is -0.300. The van der Waals surface area contributed by atoms with E-state index in [1.807, 2.05) is 31.1 Å². The van der Waals surface area contributed by atoms with Crippen molar-refractivity contribution in [3.63, 3.8) is 0 Å². The third-order valence-corrected chi connectivity index (χ3v) is 16.7. The fraction of sp³-hybridized carbons (Fsp3) is 0.817. The number of aliphatic hydroxyl groups excluding tert-OH is 5. The van der Waals surface area contributed by atoms with Gasteiger partial charge in [0.1, 0.15) is 30.5 Å². The first kappa shape index (κ1) is 65.9. The van der Waals surface area contributed by atoms with Crippen LogP contribution in [-0.4, -0.2) is 116 Å². The zero-order valence-electron chi connectivity index (χ0n) is 46.9. The molecule has 0 aromatic heterocycles. The number of hydrogen-bond acceptors (Lipinski definition) is 11. The molecule has 0 spiro atoms. The molecule has 428 valence electrons. The summed E-state index contributed by atoms with van der Waals surface area (Å²) in [6, 6.07) is 9.28. The average molecular weight is 1060 g/mol. The number of hydrogen-bond donors (Lipinski definition) is 7. The van der Waals surface area contributed by atoms with Crippen LogP contribution in [0.5, 0.6) is 0 Å². The Bertz CT molecular complexity index is 1840. The molecule has 1 heterocycles. The Balaban J connectivity index is 1.43. The number of carbonyl (C=O) groups is 1. The van der Waals surface area contributed by atoms with Crippen LogP contribution in [0.2, 0.25) is 0 Å². The van der Waals surface area contributed by atoms with Gasteiger partial charge in [-0.15, -0.1) is 0 Å². The molecule has 1 saturated heterocycles. The summed E-state index contributed by atoms with van der Waals surface area (Å²) in [5.41, 5.74) is 0.838. The normalized spacial score (nSPS) is 19.4. The van der Waals surface area contributed by atoms with E-state index < -0.39 is 72.1 Å². The lowest BCUT2D eigenvalue weighted by atomic mass is 9.98. The predicted molar refractivity (Wildman–Crippen MR) is 303 cm³/mol. The summed E-state index contributed by atoms with van der Waals surface area (Å²) in [6.07, 6.45) is 30.9. The van der Waals surface area contributed by atoms with Gasteiger partial charge >= 0.3 is 0 Å². The van der Waals surface area contributed by atoms with E-state index in [4.69, 9.17) is 9.47 Å². The van der Waals surface area contributed by atoms with Crippen LogP contribution in [-0.2, 0) is 24.3 Å². The number of benzene rings is 2. The monoisotopic (exact) mass is 1060 g/mol. The number of carbonyl (C=O) groups excluding carboxylic acids is 1. The lowest BCUT2D eigenvalue weighted by Crippen LogP contribution is -2.61. The summed E-state index contributed by atoms with van der Waals surface area (Å²) in [7, 11) is -0.415. The molecule has 3 rings (SSSR count). The first-order chi connectivity index (χ1) is 35.8. The van der Waals surface area contributed by atoms with Gasteiger partial charge in [0.05, 0.1) is 23.6 Å². The van der Waals surface area contributed by atoms with E-state index >= 15 is 0 Å². The fourth-order valence-corrected chi connectivity index (χ4v) is 11.7. The van der Waals surface area contributed by atoms with Crippen LogP contribution in [0.15, 0.2) is 41.3 Å². The molecule has 8 atom stereocenters. The summed E-state index contributed by atoms with van der Waals surface area (Å²) >= 11 is 0. The number of rotatable bonds is 46. The molecule has 0 bridgehead atoms. The summed E-state index contributed by atoms with van der Waals surface area (Å²) in [4.78, 5) is 15.3. The molecule has 1 aliphatic heterocycles. The van der Waals surface area contributed by atoms with Crippen molar-refractivity contribution in [1.29, 1.82) is 0 Å². The second-order valence-corrected chi connectivity index (χ2v) is 23.7. The van der Waals surface area contributed by atoms with Crippen LogP contribution < -0.4 is 14.9 Å². The number of sulfonamides is 1. The van der Waals surface area contributed by atoms with E-state index in [2.05, 4.69) is 23.9 Å². The first-order valence-electron chi connectivity index (χ1n) is 30.0. The lowest BCUT2D eigenvalue weighted by Gasteiger charge is -2.41. The Morgan fingerprint density at radius 1 is 0.595 bits per heavy atom. The van der Waals surface area contributed by atoms with Crippen molar-refractivity contribution in [1.82, 2.24) is 10.0 Å². The zero-order chi connectivity index (χ0) is 53.8. The molecule has 0 unspecified atom stereocenters. The van der Waals surface area contributed by atoms with Crippen LogP contribution in [0.1, 0.15) is 239 Å². The molecule has 0 aliphatic carbocycles. The van der Waals surface area contributed by atoms with Crippen molar-refractivity contribution in [2.75, 3.05) is 32.1 Å². The van der Waals surface area contributed by atoms with Gasteiger partial charge in [-0.05, 0) is 25.0 Å². The molecule has 1 amide bonds. The van der Waals surface area contributed by atoms with Gasteiger partial charge in [-0.3, -0.25) is 4.79 Å². The van der Waals surface area contributed by atoms with Gasteiger partial charge in [-0.2, -0.15) is 0 Å². The topological polar surface area (TPSA) is 198 Å². The first-order valence-corrected chi connectivity index (χ1v) is 31.5. The van der Waals surface area contributed by atoms with Gasteiger partial charge in [-0.25, -0.2) is 13.1 Å². The van der Waals surface area contributed by atoms with Gasteiger partial charge in [0.25, 0.3) is 0 Å². The number of nitrogens with one attached hydrogen (secondary N) is 2. The standard InChI is InChI=1S/C60H107N3O10S/c1-5-7-9-11-13-15-17-18-19-20-21-22-23-24-25-26-27-28-29-31-33-35-37-45-55(65)62-50(56(66)52(64)43-36-34-32-30-16-14-12-10-8-6-2)47-72-60-59(69)58(68)57(67)53(73-60)46-61-74(70,71)54-44-39-40-48-49(54)41-38-42-51(48)63(3)4/h38-42,44,50,52-53,56-61,64,66-69H,5-37,43,45-47H2,1-4H3,(H,62,65)/t50-,52+,53+,56-,57-,58-,59+,60-/m0/s1. The highest BCUT2D eigenvalue weighted by molar-refractivity contribution is 7.89. The molecule has 74 heavy (non-hydrogen) atoms. The third kappa shape index (κ3) is 26.3. The van der Waals surface area contributed by atoms with Crippen molar-refractivity contribution < 1.29 is 48.2 Å². The van der Waals surface area contributed by atoms with Crippen molar-refractivity contribution >= 4 is 32.4 Å². The van der Waals surface area contributed by atoms with Gasteiger partial charge in [-0.1, -0.05) is 244 Å². The van der Waals surface area contributed by atoms with Crippen molar-refractivity contribution in [3.05, 3.63) is 36.4 Å². The number of nitrogens with zero attached hydrogens (tertiary/aromatic N) is 1. The molecule has 2 aromatic carbocycles. The summed E-state index contributed by atoms with van der Waals surface area (Å²) in [6.45, 7) is 3.64. The number of aliphatic hydroxyl groups is 5. The molecule has 0 saturated carbocycles. The fourth-order valence-electron chi connectivity index (χ4n) is 10.4. The van der Waals surface area contributed by atoms with Crippen molar-refractivity contribution in [3.8, 4) is 0 Å². The quantitative estimate of drug-likeness (QED) is 0.0312. The third-order valence-electron chi connectivity index (χ3n) is 15.2.